The summed E-state index contributed by atoms with van der Waals surface area (Å²) in [7, 11) is 0. The maximum absolute atomic E-state index is 12.1. The van der Waals surface area contributed by atoms with Crippen molar-refractivity contribution in [2.24, 2.45) is 11.8 Å². The lowest BCUT2D eigenvalue weighted by Crippen LogP contribution is -2.37. The number of fused-ring (bicyclic) bond motifs is 1. The highest BCUT2D eigenvalue weighted by Crippen LogP contribution is 2.33. The number of carboxylic acids is 1. The third kappa shape index (κ3) is 2.02. The van der Waals surface area contributed by atoms with Crippen molar-refractivity contribution >= 4 is 28.9 Å². The van der Waals surface area contributed by atoms with E-state index >= 15 is 0 Å². The van der Waals surface area contributed by atoms with Gasteiger partial charge in [0.15, 0.2) is 5.78 Å². The van der Waals surface area contributed by atoms with Crippen molar-refractivity contribution in [1.82, 2.24) is 0 Å². The minimum absolute atomic E-state index is 0.199. The third-order valence-corrected chi connectivity index (χ3v) is 4.12. The van der Waals surface area contributed by atoms with Crippen LogP contribution < -0.4 is 0 Å². The van der Waals surface area contributed by atoms with Gasteiger partial charge in [-0.15, -0.1) is 11.3 Å². The molecule has 1 aromatic rings. The van der Waals surface area contributed by atoms with E-state index in [1.54, 1.807) is 6.07 Å². The maximum atomic E-state index is 12.1. The second-order valence-electron chi connectivity index (χ2n) is 4.19. The summed E-state index contributed by atoms with van der Waals surface area (Å²) in [5.74, 6) is -3.75. The molecule has 2 unspecified atom stereocenters. The van der Waals surface area contributed by atoms with Crippen molar-refractivity contribution in [1.29, 1.82) is 0 Å². The zero-order chi connectivity index (χ0) is 12.6. The van der Waals surface area contributed by atoms with E-state index in [1.807, 2.05) is 5.38 Å². The van der Waals surface area contributed by atoms with E-state index < -0.39 is 23.6 Å². The molecule has 0 amide bonds. The molecule has 1 N–H and O–H groups in total. The third-order valence-electron chi connectivity index (χ3n) is 3.14. The number of aliphatic carboxylic acids is 1. The molecule has 4 nitrogen and oxygen atoms in total. The highest BCUT2D eigenvalue weighted by atomic mass is 32.1. The monoisotopic (exact) mass is 252 g/mol. The van der Waals surface area contributed by atoms with Gasteiger partial charge in [0.2, 0.25) is 0 Å². The lowest BCUT2D eigenvalue weighted by atomic mass is 9.77. The number of ketones is 2. The topological polar surface area (TPSA) is 71.4 Å². The number of carboxylic acid groups (broad SMARTS) is 1. The van der Waals surface area contributed by atoms with Gasteiger partial charge >= 0.3 is 5.97 Å². The van der Waals surface area contributed by atoms with E-state index in [-0.39, 0.29) is 5.78 Å². The van der Waals surface area contributed by atoms with Crippen LogP contribution in [0.3, 0.4) is 0 Å². The maximum Gasteiger partial charge on any atom is 0.314 e. The van der Waals surface area contributed by atoms with Gasteiger partial charge in [0.1, 0.15) is 11.7 Å². The lowest BCUT2D eigenvalue weighted by molar-refractivity contribution is -0.147. The Labute approximate surface area is 102 Å². The smallest absolute Gasteiger partial charge is 0.314 e. The van der Waals surface area contributed by atoms with Crippen LogP contribution in [0.25, 0.3) is 0 Å². The summed E-state index contributed by atoms with van der Waals surface area (Å²) < 4.78 is 0. The van der Waals surface area contributed by atoms with Gasteiger partial charge in [-0.3, -0.25) is 14.4 Å². The molecular formula is C12H12O4S. The molecule has 0 saturated carbocycles. The fourth-order valence-electron chi connectivity index (χ4n) is 2.32. The zero-order valence-electron chi connectivity index (χ0n) is 9.30. The van der Waals surface area contributed by atoms with E-state index in [2.05, 4.69) is 0 Å². The van der Waals surface area contributed by atoms with E-state index in [1.165, 1.54) is 18.3 Å². The standard InChI is InChI=1S/C12H12O4S/c1-6(13)10(12(15)16)8-2-3-9-7(11(8)14)4-5-17-9/h4-5,8,10H,2-3H2,1H3,(H,15,16). The van der Waals surface area contributed by atoms with Crippen molar-refractivity contribution < 1.29 is 19.5 Å². The van der Waals surface area contributed by atoms with Crippen LogP contribution in [0.1, 0.15) is 28.6 Å². The Bertz CT molecular complexity index is 474. The summed E-state index contributed by atoms with van der Waals surface area (Å²) in [5, 5.41) is 10.9. The predicted molar refractivity (Wildman–Crippen MR) is 62.3 cm³/mol. The van der Waals surface area contributed by atoms with Crippen molar-refractivity contribution in [3.8, 4) is 0 Å². The summed E-state index contributed by atoms with van der Waals surface area (Å²) in [6.45, 7) is 1.23. The number of carbonyl (C=O) groups is 3. The Hall–Kier alpha value is -1.49. The van der Waals surface area contributed by atoms with Crippen molar-refractivity contribution in [3.63, 3.8) is 0 Å². The minimum Gasteiger partial charge on any atom is -0.481 e. The molecule has 90 valence electrons. The Kier molecular flexibility index (Phi) is 3.11. The largest absolute Gasteiger partial charge is 0.481 e. The number of thiophene rings is 1. The van der Waals surface area contributed by atoms with Gasteiger partial charge in [-0.2, -0.15) is 0 Å². The Balaban J connectivity index is 2.33. The fourth-order valence-corrected chi connectivity index (χ4v) is 3.22. The molecule has 0 bridgehead atoms. The second kappa shape index (κ2) is 4.41. The van der Waals surface area contributed by atoms with Crippen LogP contribution in [-0.4, -0.2) is 22.6 Å². The first-order valence-electron chi connectivity index (χ1n) is 5.36. The van der Waals surface area contributed by atoms with Crippen molar-refractivity contribution in [3.05, 3.63) is 21.9 Å². The summed E-state index contributed by atoms with van der Waals surface area (Å²) in [4.78, 5) is 35.5. The molecule has 2 atom stereocenters. The molecule has 0 radical (unpaired) electrons. The van der Waals surface area contributed by atoms with Crippen LogP contribution in [0.5, 0.6) is 0 Å². The van der Waals surface area contributed by atoms with Crippen LogP contribution in [-0.2, 0) is 16.0 Å². The van der Waals surface area contributed by atoms with Crippen molar-refractivity contribution in [2.75, 3.05) is 0 Å². The second-order valence-corrected chi connectivity index (χ2v) is 5.19. The van der Waals surface area contributed by atoms with Gasteiger partial charge in [0.05, 0.1) is 0 Å². The van der Waals surface area contributed by atoms with Crippen LogP contribution >= 0.6 is 11.3 Å². The Morgan fingerprint density at radius 2 is 2.24 bits per heavy atom. The molecule has 2 rings (SSSR count). The average molecular weight is 252 g/mol. The summed E-state index contributed by atoms with van der Waals surface area (Å²) >= 11 is 1.51. The first-order chi connectivity index (χ1) is 8.02. The van der Waals surface area contributed by atoms with Gasteiger partial charge in [0.25, 0.3) is 0 Å². The lowest BCUT2D eigenvalue weighted by Gasteiger charge is -2.24. The quantitative estimate of drug-likeness (QED) is 0.832. The number of rotatable bonds is 3. The summed E-state index contributed by atoms with van der Waals surface area (Å²) in [6, 6.07) is 1.72. The molecule has 0 saturated heterocycles. The molecule has 0 aliphatic heterocycles. The normalized spacial score (nSPS) is 20.8. The molecule has 1 aliphatic rings. The zero-order valence-corrected chi connectivity index (χ0v) is 10.1. The number of hydrogen-bond donors (Lipinski definition) is 1. The first-order valence-corrected chi connectivity index (χ1v) is 6.24. The van der Waals surface area contributed by atoms with Gasteiger partial charge in [-0.1, -0.05) is 0 Å². The highest BCUT2D eigenvalue weighted by Gasteiger charge is 2.40. The van der Waals surface area contributed by atoms with E-state index in [0.717, 1.165) is 4.88 Å². The van der Waals surface area contributed by atoms with Crippen LogP contribution in [0, 0.1) is 11.8 Å². The van der Waals surface area contributed by atoms with Crippen LogP contribution in [0.4, 0.5) is 0 Å². The molecule has 0 fully saturated rings. The molecular weight excluding hydrogens is 240 g/mol. The minimum atomic E-state index is -1.20. The molecule has 5 heteroatoms. The predicted octanol–water partition coefficient (Wildman–Crippen LogP) is 1.78. The highest BCUT2D eigenvalue weighted by molar-refractivity contribution is 7.10. The number of carbonyl (C=O) groups excluding carboxylic acids is 2. The number of Topliss-reactive ketones (excluding diaryl/α,β-unsaturated/α-hetero) is 2. The number of hydrogen-bond acceptors (Lipinski definition) is 4. The van der Waals surface area contributed by atoms with Gasteiger partial charge < -0.3 is 5.11 Å². The first kappa shape index (κ1) is 12.0. The molecule has 1 heterocycles. The fraction of sp³-hybridized carbons (Fsp3) is 0.417. The Morgan fingerprint density at radius 1 is 1.53 bits per heavy atom. The summed E-state index contributed by atoms with van der Waals surface area (Å²) in [6.07, 6.45) is 1.13. The van der Waals surface area contributed by atoms with Gasteiger partial charge in [-0.05, 0) is 31.2 Å². The molecule has 0 spiro atoms. The van der Waals surface area contributed by atoms with E-state index in [0.29, 0.717) is 18.4 Å². The summed E-state index contributed by atoms with van der Waals surface area (Å²) in [5.41, 5.74) is 0.596. The van der Waals surface area contributed by atoms with Crippen LogP contribution in [0.15, 0.2) is 11.4 Å². The molecule has 1 aromatic heterocycles. The molecule has 1 aliphatic carbocycles. The van der Waals surface area contributed by atoms with Crippen molar-refractivity contribution in [2.45, 2.75) is 19.8 Å². The SMILES string of the molecule is CC(=O)C(C(=O)O)C1CCc2sccc2C1=O. The Morgan fingerprint density at radius 3 is 2.82 bits per heavy atom. The average Bonchev–Trinajstić information content (AvgIpc) is 2.69. The van der Waals surface area contributed by atoms with Crippen LogP contribution in [0.2, 0.25) is 0 Å². The van der Waals surface area contributed by atoms with E-state index in [4.69, 9.17) is 5.11 Å². The molecule has 0 aromatic carbocycles. The number of aryl methyl sites for hydroxylation is 1. The van der Waals surface area contributed by atoms with E-state index in [9.17, 15) is 14.4 Å². The molecule has 17 heavy (non-hydrogen) atoms. The van der Waals surface area contributed by atoms with Gasteiger partial charge in [-0.25, -0.2) is 0 Å². The van der Waals surface area contributed by atoms with Gasteiger partial charge in [0, 0.05) is 16.4 Å².